The lowest BCUT2D eigenvalue weighted by atomic mass is 10.2. The number of carbonyl (C=O) groups is 2. The maximum Gasteiger partial charge on any atom is 0.532 e. The minimum atomic E-state index is -3.87. The Balaban J connectivity index is 4.25. The van der Waals surface area contributed by atoms with Crippen LogP contribution in [0, 0.1) is 0 Å². The second-order valence-electron chi connectivity index (χ2n) is 4.88. The van der Waals surface area contributed by atoms with E-state index in [0.29, 0.717) is 25.7 Å². The summed E-state index contributed by atoms with van der Waals surface area (Å²) in [5.74, 6) is -1.61. The highest BCUT2D eigenvalue weighted by Gasteiger charge is 2.30. The SMILES string of the molecule is CCCCOP(=O)(OCCCC)OC(=O)CCCCC(=O)O. The summed E-state index contributed by atoms with van der Waals surface area (Å²) in [5.41, 5.74) is 0. The first kappa shape index (κ1) is 21.1. The van der Waals surface area contributed by atoms with E-state index in [1.54, 1.807) is 0 Å². The van der Waals surface area contributed by atoms with Crippen molar-refractivity contribution in [1.29, 1.82) is 0 Å². The minimum Gasteiger partial charge on any atom is -0.481 e. The zero-order valence-electron chi connectivity index (χ0n) is 13.4. The van der Waals surface area contributed by atoms with Gasteiger partial charge in [-0.1, -0.05) is 26.7 Å². The van der Waals surface area contributed by atoms with Crippen LogP contribution in [0.5, 0.6) is 0 Å². The normalized spacial score (nSPS) is 11.4. The van der Waals surface area contributed by atoms with Crippen molar-refractivity contribution in [1.82, 2.24) is 0 Å². The quantitative estimate of drug-likeness (QED) is 0.378. The summed E-state index contributed by atoms with van der Waals surface area (Å²) in [7, 11) is -3.87. The van der Waals surface area contributed by atoms with Crippen LogP contribution >= 0.6 is 7.82 Å². The van der Waals surface area contributed by atoms with Crippen molar-refractivity contribution >= 4 is 19.8 Å². The highest BCUT2D eigenvalue weighted by atomic mass is 31.2. The minimum absolute atomic E-state index is 0.00839. The van der Waals surface area contributed by atoms with Gasteiger partial charge in [-0.3, -0.25) is 18.6 Å². The molecule has 0 radical (unpaired) electrons. The number of hydrogen-bond acceptors (Lipinski definition) is 6. The van der Waals surface area contributed by atoms with Crippen molar-refractivity contribution in [3.8, 4) is 0 Å². The maximum absolute atomic E-state index is 12.3. The molecule has 0 aliphatic heterocycles. The molecule has 0 aliphatic rings. The Labute approximate surface area is 131 Å². The lowest BCUT2D eigenvalue weighted by Gasteiger charge is -2.17. The number of phosphoric acid groups is 1. The van der Waals surface area contributed by atoms with Crippen LogP contribution < -0.4 is 0 Å². The van der Waals surface area contributed by atoms with E-state index in [-0.39, 0.29) is 26.1 Å². The van der Waals surface area contributed by atoms with Crippen LogP contribution in [-0.4, -0.2) is 30.3 Å². The van der Waals surface area contributed by atoms with Crippen LogP contribution in [0.1, 0.15) is 65.2 Å². The Morgan fingerprint density at radius 3 is 1.86 bits per heavy atom. The molecule has 22 heavy (non-hydrogen) atoms. The third-order valence-electron chi connectivity index (χ3n) is 2.73. The monoisotopic (exact) mass is 338 g/mol. The Morgan fingerprint density at radius 1 is 0.909 bits per heavy atom. The Hall–Kier alpha value is -0.910. The molecule has 0 aromatic rings. The largest absolute Gasteiger partial charge is 0.532 e. The van der Waals surface area contributed by atoms with Crippen LogP contribution in [0.25, 0.3) is 0 Å². The molecule has 0 spiro atoms. The molecule has 0 heterocycles. The van der Waals surface area contributed by atoms with E-state index in [1.165, 1.54) is 0 Å². The van der Waals surface area contributed by atoms with Crippen molar-refractivity contribution in [2.24, 2.45) is 0 Å². The van der Waals surface area contributed by atoms with E-state index in [2.05, 4.69) is 0 Å². The predicted octanol–water partition coefficient (Wildman–Crippen LogP) is 3.92. The van der Waals surface area contributed by atoms with Gasteiger partial charge < -0.3 is 9.63 Å². The summed E-state index contributed by atoms with van der Waals surface area (Å²) in [6.45, 7) is 4.32. The summed E-state index contributed by atoms with van der Waals surface area (Å²) < 4.78 is 27.5. The summed E-state index contributed by atoms with van der Waals surface area (Å²) >= 11 is 0. The van der Waals surface area contributed by atoms with Gasteiger partial charge in [-0.05, 0) is 25.7 Å². The van der Waals surface area contributed by atoms with Gasteiger partial charge in [0.1, 0.15) is 0 Å². The molecule has 130 valence electrons. The van der Waals surface area contributed by atoms with Crippen molar-refractivity contribution in [2.45, 2.75) is 65.2 Å². The number of rotatable bonds is 14. The van der Waals surface area contributed by atoms with Gasteiger partial charge in [0, 0.05) is 12.8 Å². The zero-order valence-corrected chi connectivity index (χ0v) is 14.3. The molecule has 0 aromatic carbocycles. The lowest BCUT2D eigenvalue weighted by molar-refractivity contribution is -0.139. The number of unbranched alkanes of at least 4 members (excludes halogenated alkanes) is 3. The fourth-order valence-electron chi connectivity index (χ4n) is 1.45. The van der Waals surface area contributed by atoms with Gasteiger partial charge in [0.2, 0.25) is 0 Å². The predicted molar refractivity (Wildman–Crippen MR) is 81.5 cm³/mol. The van der Waals surface area contributed by atoms with Crippen LogP contribution in [0.3, 0.4) is 0 Å². The van der Waals surface area contributed by atoms with E-state index in [9.17, 15) is 14.2 Å². The number of aliphatic carboxylic acids is 1. The summed E-state index contributed by atoms with van der Waals surface area (Å²) in [5, 5.41) is 8.51. The smallest absolute Gasteiger partial charge is 0.481 e. The van der Waals surface area contributed by atoms with Gasteiger partial charge in [-0.15, -0.1) is 0 Å². The van der Waals surface area contributed by atoms with Crippen molar-refractivity contribution in [3.05, 3.63) is 0 Å². The van der Waals surface area contributed by atoms with Gasteiger partial charge >= 0.3 is 19.8 Å². The first-order chi connectivity index (χ1) is 10.4. The first-order valence-electron chi connectivity index (χ1n) is 7.76. The van der Waals surface area contributed by atoms with Crippen molar-refractivity contribution in [2.75, 3.05) is 13.2 Å². The van der Waals surface area contributed by atoms with E-state index >= 15 is 0 Å². The number of hydrogen-bond donors (Lipinski definition) is 1. The van der Waals surface area contributed by atoms with E-state index in [4.69, 9.17) is 18.7 Å². The van der Waals surface area contributed by atoms with Crippen LogP contribution in [0.15, 0.2) is 0 Å². The second kappa shape index (κ2) is 12.6. The molecule has 7 nitrogen and oxygen atoms in total. The van der Waals surface area contributed by atoms with Gasteiger partial charge in [-0.25, -0.2) is 4.57 Å². The van der Waals surface area contributed by atoms with Crippen LogP contribution in [0.2, 0.25) is 0 Å². The third kappa shape index (κ3) is 11.7. The fourth-order valence-corrected chi connectivity index (χ4v) is 2.67. The molecule has 0 atom stereocenters. The Morgan fingerprint density at radius 2 is 1.41 bits per heavy atom. The average molecular weight is 338 g/mol. The Bertz CT molecular complexity index is 356. The average Bonchev–Trinajstić information content (AvgIpc) is 2.44. The molecular formula is C14H27O7P. The van der Waals surface area contributed by atoms with Gasteiger partial charge in [0.25, 0.3) is 0 Å². The molecule has 0 amide bonds. The van der Waals surface area contributed by atoms with E-state index in [1.807, 2.05) is 13.8 Å². The molecule has 0 unspecified atom stereocenters. The molecule has 8 heteroatoms. The number of carbonyl (C=O) groups excluding carboxylic acids is 1. The van der Waals surface area contributed by atoms with Crippen LogP contribution in [0.4, 0.5) is 0 Å². The first-order valence-corrected chi connectivity index (χ1v) is 9.23. The highest BCUT2D eigenvalue weighted by molar-refractivity contribution is 7.49. The van der Waals surface area contributed by atoms with Crippen molar-refractivity contribution in [3.63, 3.8) is 0 Å². The van der Waals surface area contributed by atoms with E-state index < -0.39 is 19.8 Å². The zero-order chi connectivity index (χ0) is 16.8. The topological polar surface area (TPSA) is 99.1 Å². The second-order valence-corrected chi connectivity index (χ2v) is 6.48. The molecule has 0 aliphatic carbocycles. The molecule has 1 N–H and O–H groups in total. The standard InChI is InChI=1S/C14H27O7P/c1-3-5-11-19-22(18,20-12-6-4-2)21-14(17)10-8-7-9-13(15)16/h3-12H2,1-2H3,(H,15,16). The van der Waals surface area contributed by atoms with Crippen molar-refractivity contribution < 1.29 is 32.8 Å². The summed E-state index contributed by atoms with van der Waals surface area (Å²) in [6.07, 6.45) is 3.80. The number of carboxylic acid groups (broad SMARTS) is 1. The van der Waals surface area contributed by atoms with Gasteiger partial charge in [0.15, 0.2) is 0 Å². The van der Waals surface area contributed by atoms with E-state index in [0.717, 1.165) is 12.8 Å². The lowest BCUT2D eigenvalue weighted by Crippen LogP contribution is -2.09. The molecule has 0 saturated carbocycles. The molecule has 0 aromatic heterocycles. The van der Waals surface area contributed by atoms with Gasteiger partial charge in [0.05, 0.1) is 13.2 Å². The summed E-state index contributed by atoms with van der Waals surface area (Å²) in [6, 6.07) is 0. The third-order valence-corrected chi connectivity index (χ3v) is 4.15. The van der Waals surface area contributed by atoms with Crippen LogP contribution in [-0.2, 0) is 27.7 Å². The number of phosphoric ester groups is 1. The fraction of sp³-hybridized carbons (Fsp3) is 0.857. The number of carboxylic acids is 1. The summed E-state index contributed by atoms with van der Waals surface area (Å²) in [4.78, 5) is 22.0. The maximum atomic E-state index is 12.3. The molecule has 0 saturated heterocycles. The molecule has 0 bridgehead atoms. The molecule has 0 rings (SSSR count). The van der Waals surface area contributed by atoms with Gasteiger partial charge in [-0.2, -0.15) is 0 Å². The Kier molecular flexibility index (Phi) is 12.1. The molecule has 0 fully saturated rings. The molecular weight excluding hydrogens is 311 g/mol. The highest BCUT2D eigenvalue weighted by Crippen LogP contribution is 2.50.